The summed E-state index contributed by atoms with van der Waals surface area (Å²) in [4.78, 5) is 29.6. The van der Waals surface area contributed by atoms with Crippen LogP contribution in [-0.4, -0.2) is 73.3 Å². The summed E-state index contributed by atoms with van der Waals surface area (Å²) in [6, 6.07) is 7.20. The van der Waals surface area contributed by atoms with Gasteiger partial charge in [-0.25, -0.2) is 9.59 Å². The van der Waals surface area contributed by atoms with Crippen LogP contribution in [0.3, 0.4) is 0 Å². The number of anilines is 1. The second-order valence-electron chi connectivity index (χ2n) is 12.2. The molecule has 3 unspecified atom stereocenters. The Bertz CT molecular complexity index is 1010. The predicted molar refractivity (Wildman–Crippen MR) is 164 cm³/mol. The highest BCUT2D eigenvalue weighted by atomic mass is 16.6. The minimum atomic E-state index is -0.535. The first-order valence-electron chi connectivity index (χ1n) is 15.2. The lowest BCUT2D eigenvalue weighted by molar-refractivity contribution is 0.0266. The molecule has 1 aliphatic heterocycles. The molecule has 0 spiro atoms. The number of hydrogen-bond donors (Lipinski definition) is 4. The van der Waals surface area contributed by atoms with Crippen molar-refractivity contribution in [3.63, 3.8) is 0 Å². The van der Waals surface area contributed by atoms with E-state index in [0.717, 1.165) is 25.7 Å². The molecule has 2 aliphatic rings. The lowest BCUT2D eigenvalue weighted by Crippen LogP contribution is -2.69. The Kier molecular flexibility index (Phi) is 12.6. The van der Waals surface area contributed by atoms with Crippen LogP contribution in [0.1, 0.15) is 85.5 Å². The molecule has 3 rings (SSSR count). The SMILES string of the molecule is COc1cccc(NC(=O)NC2NC(C)CC(NCCN(C)C(=O)OC(C)(C)C)N2/C2=C/CCCCCCCC2)c1. The van der Waals surface area contributed by atoms with E-state index in [1.807, 2.05) is 39.0 Å². The number of rotatable bonds is 8. The minimum absolute atomic E-state index is 0.0189. The molecular formula is C31H52N6O4. The number of hydrogen-bond acceptors (Lipinski definition) is 7. The minimum Gasteiger partial charge on any atom is -0.497 e. The third-order valence-corrected chi connectivity index (χ3v) is 7.36. The molecule has 1 aromatic carbocycles. The molecule has 1 heterocycles. The van der Waals surface area contributed by atoms with Gasteiger partial charge >= 0.3 is 12.1 Å². The van der Waals surface area contributed by atoms with E-state index in [9.17, 15) is 9.59 Å². The zero-order valence-electron chi connectivity index (χ0n) is 25.9. The van der Waals surface area contributed by atoms with Crippen LogP contribution in [0.5, 0.6) is 5.75 Å². The Morgan fingerprint density at radius 2 is 1.85 bits per heavy atom. The first-order chi connectivity index (χ1) is 19.6. The standard InChI is InChI=1S/C31H52N6O4/c1-23-21-27(32-19-20-36(5)30(39)41-31(2,3)4)37(25-16-12-10-8-7-9-11-13-17-25)28(33-23)35-29(38)34-24-15-14-18-26(22-24)40-6/h14-16,18,22-23,27-28,32-33H,7-13,17,19-21H2,1-6H3,(H2,34,35,38)/b25-16+. The molecule has 1 saturated heterocycles. The average molecular weight is 573 g/mol. The highest BCUT2D eigenvalue weighted by Crippen LogP contribution is 2.26. The van der Waals surface area contributed by atoms with Crippen molar-refractivity contribution in [2.24, 2.45) is 0 Å². The first-order valence-corrected chi connectivity index (χ1v) is 15.2. The fraction of sp³-hybridized carbons (Fsp3) is 0.677. The van der Waals surface area contributed by atoms with Crippen LogP contribution in [0, 0.1) is 0 Å². The van der Waals surface area contributed by atoms with E-state index in [1.165, 1.54) is 37.8 Å². The maximum absolute atomic E-state index is 13.2. The summed E-state index contributed by atoms with van der Waals surface area (Å²) < 4.78 is 10.8. The largest absolute Gasteiger partial charge is 0.497 e. The molecule has 10 heteroatoms. The monoisotopic (exact) mass is 572 g/mol. The second kappa shape index (κ2) is 15.9. The van der Waals surface area contributed by atoms with Crippen LogP contribution in [0.4, 0.5) is 15.3 Å². The van der Waals surface area contributed by atoms with Gasteiger partial charge in [0, 0.05) is 43.6 Å². The fourth-order valence-corrected chi connectivity index (χ4v) is 5.29. The predicted octanol–water partition coefficient (Wildman–Crippen LogP) is 5.59. The number of allylic oxidation sites excluding steroid dienone is 2. The van der Waals surface area contributed by atoms with Crippen LogP contribution in [0.25, 0.3) is 0 Å². The second-order valence-corrected chi connectivity index (χ2v) is 12.2. The Morgan fingerprint density at radius 3 is 2.59 bits per heavy atom. The Morgan fingerprint density at radius 1 is 1.12 bits per heavy atom. The van der Waals surface area contributed by atoms with Gasteiger partial charge in [0.1, 0.15) is 11.4 Å². The highest BCUT2D eigenvalue weighted by molar-refractivity contribution is 5.89. The number of carbonyl (C=O) groups excluding carboxylic acids is 2. The first kappa shape index (κ1) is 32.5. The van der Waals surface area contributed by atoms with Crippen LogP contribution in [-0.2, 0) is 4.74 Å². The van der Waals surface area contributed by atoms with Gasteiger partial charge in [-0.05, 0) is 71.9 Å². The number of benzene rings is 1. The Hall–Kier alpha value is -2.98. The normalized spacial score (nSPS) is 23.5. The molecule has 0 radical (unpaired) electrons. The van der Waals surface area contributed by atoms with Gasteiger partial charge in [-0.3, -0.25) is 10.6 Å². The number of ether oxygens (including phenoxy) is 2. The van der Waals surface area contributed by atoms with E-state index in [0.29, 0.717) is 24.5 Å². The molecule has 1 fully saturated rings. The maximum Gasteiger partial charge on any atom is 0.410 e. The number of likely N-dealkylation sites (N-methyl/N-ethyl adjacent to an activating group) is 1. The van der Waals surface area contributed by atoms with Crippen LogP contribution >= 0.6 is 0 Å². The summed E-state index contributed by atoms with van der Waals surface area (Å²) in [5.41, 5.74) is 1.37. The number of nitrogens with one attached hydrogen (secondary N) is 4. The van der Waals surface area contributed by atoms with Crippen LogP contribution in [0.15, 0.2) is 36.0 Å². The van der Waals surface area contributed by atoms with Gasteiger partial charge in [0.05, 0.1) is 13.3 Å². The number of urea groups is 1. The summed E-state index contributed by atoms with van der Waals surface area (Å²) in [6.45, 7) is 8.85. The molecule has 0 aromatic heterocycles. The van der Waals surface area contributed by atoms with E-state index in [4.69, 9.17) is 9.47 Å². The van der Waals surface area contributed by atoms with Crippen molar-refractivity contribution in [3.05, 3.63) is 36.0 Å². The van der Waals surface area contributed by atoms with Crippen molar-refractivity contribution in [2.45, 2.75) is 110 Å². The maximum atomic E-state index is 13.2. The summed E-state index contributed by atoms with van der Waals surface area (Å²) in [7, 11) is 3.37. The smallest absolute Gasteiger partial charge is 0.410 e. The highest BCUT2D eigenvalue weighted by Gasteiger charge is 2.35. The van der Waals surface area contributed by atoms with E-state index >= 15 is 0 Å². The van der Waals surface area contributed by atoms with Gasteiger partial charge in [0.2, 0.25) is 0 Å². The van der Waals surface area contributed by atoms with Crippen LogP contribution in [0.2, 0.25) is 0 Å². The summed E-state index contributed by atoms with van der Waals surface area (Å²) >= 11 is 0. The zero-order chi connectivity index (χ0) is 29.8. The van der Waals surface area contributed by atoms with Gasteiger partial charge in [0.15, 0.2) is 6.29 Å². The summed E-state index contributed by atoms with van der Waals surface area (Å²) in [6.07, 6.45) is 11.8. The molecule has 41 heavy (non-hydrogen) atoms. The average Bonchev–Trinajstić information content (AvgIpc) is 2.90. The van der Waals surface area contributed by atoms with Crippen molar-refractivity contribution in [1.82, 2.24) is 25.8 Å². The molecule has 4 N–H and O–H groups in total. The molecule has 3 amide bonds. The van der Waals surface area contributed by atoms with Crippen molar-refractivity contribution >= 4 is 17.8 Å². The van der Waals surface area contributed by atoms with E-state index in [2.05, 4.69) is 39.2 Å². The van der Waals surface area contributed by atoms with E-state index in [1.54, 1.807) is 25.1 Å². The third-order valence-electron chi connectivity index (χ3n) is 7.36. The van der Waals surface area contributed by atoms with Gasteiger partial charge in [-0.15, -0.1) is 0 Å². The van der Waals surface area contributed by atoms with Crippen molar-refractivity contribution in [2.75, 3.05) is 32.6 Å². The van der Waals surface area contributed by atoms with Crippen LogP contribution < -0.4 is 26.0 Å². The fourth-order valence-electron chi connectivity index (χ4n) is 5.29. The lowest BCUT2D eigenvalue weighted by atomic mass is 10.0. The molecule has 230 valence electrons. The molecule has 0 bridgehead atoms. The third kappa shape index (κ3) is 11.1. The number of nitrogens with zero attached hydrogens (tertiary/aromatic N) is 2. The Balaban J connectivity index is 1.76. The molecule has 0 saturated carbocycles. The molecule has 1 aliphatic carbocycles. The van der Waals surface area contributed by atoms with Crippen molar-refractivity contribution in [1.29, 1.82) is 0 Å². The van der Waals surface area contributed by atoms with Gasteiger partial charge in [-0.2, -0.15) is 0 Å². The lowest BCUT2D eigenvalue weighted by Gasteiger charge is -2.48. The number of carbonyl (C=O) groups is 2. The molecule has 10 nitrogen and oxygen atoms in total. The molecule has 3 atom stereocenters. The van der Waals surface area contributed by atoms with Gasteiger partial charge in [-0.1, -0.05) is 37.8 Å². The van der Waals surface area contributed by atoms with Crippen molar-refractivity contribution in [3.8, 4) is 5.75 Å². The Labute approximate surface area is 246 Å². The van der Waals surface area contributed by atoms with Gasteiger partial charge < -0.3 is 29.9 Å². The topological polar surface area (TPSA) is 107 Å². The zero-order valence-corrected chi connectivity index (χ0v) is 25.9. The number of amides is 3. The molecule has 1 aromatic rings. The van der Waals surface area contributed by atoms with E-state index < -0.39 is 11.9 Å². The summed E-state index contributed by atoms with van der Waals surface area (Å²) in [5, 5.41) is 13.4. The molecular weight excluding hydrogens is 520 g/mol. The quantitative estimate of drug-likeness (QED) is 0.322. The van der Waals surface area contributed by atoms with E-state index in [-0.39, 0.29) is 24.3 Å². The number of methoxy groups -OCH3 is 1. The van der Waals surface area contributed by atoms with Crippen molar-refractivity contribution < 1.29 is 19.1 Å². The van der Waals surface area contributed by atoms with Gasteiger partial charge in [0.25, 0.3) is 0 Å². The summed E-state index contributed by atoms with van der Waals surface area (Å²) in [5.74, 6) is 0.682.